The van der Waals surface area contributed by atoms with Crippen molar-refractivity contribution < 1.29 is 27.4 Å². The molecule has 174 valence electrons. The number of methoxy groups -OCH3 is 2. The number of anilines is 1. The standard InChI is InChI=1S/C23H30N2O6S/c1-4-20(31-19-10-8-9-18(16-19)29-2)23(26)24-17-11-12-21(30-3)22(15-17)32(27,28)25-13-6-5-7-14-25/h8-12,15-16,20H,4-7,13-14H2,1-3H3,(H,24,26)/t20-/m0/s1. The Balaban J connectivity index is 1.80. The van der Waals surface area contributed by atoms with Crippen LogP contribution in [0.15, 0.2) is 47.4 Å². The molecule has 1 saturated heterocycles. The molecule has 0 bridgehead atoms. The van der Waals surface area contributed by atoms with Crippen LogP contribution in [0.4, 0.5) is 5.69 Å². The van der Waals surface area contributed by atoms with Gasteiger partial charge in [-0.05, 0) is 49.6 Å². The van der Waals surface area contributed by atoms with Crippen LogP contribution < -0.4 is 19.5 Å². The van der Waals surface area contributed by atoms with Crippen molar-refractivity contribution in [1.29, 1.82) is 0 Å². The quantitative estimate of drug-likeness (QED) is 0.611. The third-order valence-corrected chi connectivity index (χ3v) is 7.27. The molecule has 8 nitrogen and oxygen atoms in total. The van der Waals surface area contributed by atoms with Gasteiger partial charge in [0.05, 0.1) is 14.2 Å². The number of ether oxygens (including phenoxy) is 3. The maximum Gasteiger partial charge on any atom is 0.265 e. The Labute approximate surface area is 189 Å². The van der Waals surface area contributed by atoms with Gasteiger partial charge < -0.3 is 19.5 Å². The summed E-state index contributed by atoms with van der Waals surface area (Å²) in [5.41, 5.74) is 0.360. The van der Waals surface area contributed by atoms with Gasteiger partial charge in [0.25, 0.3) is 5.91 Å². The number of nitrogens with zero attached hydrogens (tertiary/aromatic N) is 1. The molecule has 2 aromatic carbocycles. The third kappa shape index (κ3) is 5.52. The van der Waals surface area contributed by atoms with Gasteiger partial charge in [-0.15, -0.1) is 0 Å². The lowest BCUT2D eigenvalue weighted by Gasteiger charge is -2.26. The third-order valence-electron chi connectivity index (χ3n) is 5.35. The van der Waals surface area contributed by atoms with Gasteiger partial charge in [-0.1, -0.05) is 19.4 Å². The molecule has 1 atom stereocenters. The van der Waals surface area contributed by atoms with E-state index in [0.717, 1.165) is 19.3 Å². The van der Waals surface area contributed by atoms with Crippen LogP contribution in [0.2, 0.25) is 0 Å². The number of amides is 1. The van der Waals surface area contributed by atoms with E-state index in [0.29, 0.717) is 36.7 Å². The Morgan fingerprint density at radius 2 is 1.75 bits per heavy atom. The highest BCUT2D eigenvalue weighted by molar-refractivity contribution is 7.89. The molecule has 1 amide bonds. The molecule has 1 fully saturated rings. The summed E-state index contributed by atoms with van der Waals surface area (Å²) in [6.45, 7) is 2.80. The van der Waals surface area contributed by atoms with Crippen LogP contribution in [0, 0.1) is 0 Å². The van der Waals surface area contributed by atoms with E-state index in [1.165, 1.54) is 17.5 Å². The zero-order valence-corrected chi connectivity index (χ0v) is 19.5. The number of rotatable bonds is 9. The van der Waals surface area contributed by atoms with Crippen molar-refractivity contribution in [1.82, 2.24) is 4.31 Å². The number of nitrogens with one attached hydrogen (secondary N) is 1. The van der Waals surface area contributed by atoms with Gasteiger partial charge in [0.2, 0.25) is 10.0 Å². The Morgan fingerprint density at radius 1 is 1.03 bits per heavy atom. The van der Waals surface area contributed by atoms with Crippen molar-refractivity contribution in [2.75, 3.05) is 32.6 Å². The number of piperidine rings is 1. The molecule has 0 unspecified atom stereocenters. The zero-order valence-electron chi connectivity index (χ0n) is 18.7. The number of sulfonamides is 1. The van der Waals surface area contributed by atoms with E-state index in [4.69, 9.17) is 14.2 Å². The minimum absolute atomic E-state index is 0.0430. The van der Waals surface area contributed by atoms with Crippen LogP contribution in [-0.2, 0) is 14.8 Å². The number of carbonyl (C=O) groups excluding carboxylic acids is 1. The van der Waals surface area contributed by atoms with Gasteiger partial charge in [-0.25, -0.2) is 8.42 Å². The highest BCUT2D eigenvalue weighted by atomic mass is 32.2. The van der Waals surface area contributed by atoms with Crippen LogP contribution in [-0.4, -0.2) is 52.0 Å². The Bertz CT molecular complexity index is 1030. The number of benzene rings is 2. The molecule has 0 spiro atoms. The molecular weight excluding hydrogens is 432 g/mol. The maximum atomic E-state index is 13.2. The Hall–Kier alpha value is -2.78. The van der Waals surface area contributed by atoms with Crippen LogP contribution in [0.3, 0.4) is 0 Å². The molecule has 1 aliphatic heterocycles. The van der Waals surface area contributed by atoms with Crippen LogP contribution >= 0.6 is 0 Å². The lowest BCUT2D eigenvalue weighted by Crippen LogP contribution is -2.36. The van der Waals surface area contributed by atoms with E-state index in [-0.39, 0.29) is 16.6 Å². The average molecular weight is 463 g/mol. The van der Waals surface area contributed by atoms with Gasteiger partial charge in [-0.2, -0.15) is 4.31 Å². The molecule has 32 heavy (non-hydrogen) atoms. The number of hydrogen-bond acceptors (Lipinski definition) is 6. The molecule has 2 aromatic rings. The highest BCUT2D eigenvalue weighted by Crippen LogP contribution is 2.31. The molecule has 0 aromatic heterocycles. The van der Waals surface area contributed by atoms with Crippen molar-refractivity contribution in [3.05, 3.63) is 42.5 Å². The topological polar surface area (TPSA) is 94.2 Å². The first kappa shape index (κ1) is 23.9. The largest absolute Gasteiger partial charge is 0.497 e. The van der Waals surface area contributed by atoms with Gasteiger partial charge in [0, 0.05) is 24.8 Å². The summed E-state index contributed by atoms with van der Waals surface area (Å²) in [4.78, 5) is 12.9. The van der Waals surface area contributed by atoms with Crippen LogP contribution in [0.25, 0.3) is 0 Å². The smallest absolute Gasteiger partial charge is 0.265 e. The second-order valence-corrected chi connectivity index (χ2v) is 9.42. The first-order valence-electron chi connectivity index (χ1n) is 10.7. The van der Waals surface area contributed by atoms with Gasteiger partial charge in [0.1, 0.15) is 22.1 Å². The first-order chi connectivity index (χ1) is 15.4. The van der Waals surface area contributed by atoms with E-state index < -0.39 is 16.1 Å². The Kier molecular flexibility index (Phi) is 7.98. The first-order valence-corrected chi connectivity index (χ1v) is 12.1. The zero-order chi connectivity index (χ0) is 23.1. The van der Waals surface area contributed by atoms with Gasteiger partial charge >= 0.3 is 0 Å². The second kappa shape index (κ2) is 10.7. The summed E-state index contributed by atoms with van der Waals surface area (Å²) in [5.74, 6) is 1.00. The van der Waals surface area contributed by atoms with E-state index in [1.54, 1.807) is 43.5 Å². The summed E-state index contributed by atoms with van der Waals surface area (Å²) >= 11 is 0. The monoisotopic (exact) mass is 462 g/mol. The molecular formula is C23H30N2O6S. The fraction of sp³-hybridized carbons (Fsp3) is 0.435. The minimum Gasteiger partial charge on any atom is -0.497 e. The van der Waals surface area contributed by atoms with E-state index in [2.05, 4.69) is 5.32 Å². The lowest BCUT2D eigenvalue weighted by atomic mass is 10.2. The van der Waals surface area contributed by atoms with E-state index in [1.807, 2.05) is 6.92 Å². The number of hydrogen-bond donors (Lipinski definition) is 1. The van der Waals surface area contributed by atoms with Crippen molar-refractivity contribution in [2.45, 2.75) is 43.6 Å². The lowest BCUT2D eigenvalue weighted by molar-refractivity contribution is -0.122. The summed E-state index contributed by atoms with van der Waals surface area (Å²) in [7, 11) is -0.747. The fourth-order valence-electron chi connectivity index (χ4n) is 3.58. The Morgan fingerprint density at radius 3 is 2.41 bits per heavy atom. The summed E-state index contributed by atoms with van der Waals surface area (Å²) in [6, 6.07) is 11.6. The molecule has 0 aliphatic carbocycles. The predicted molar refractivity (Wildman–Crippen MR) is 122 cm³/mol. The van der Waals surface area contributed by atoms with Crippen molar-refractivity contribution in [3.8, 4) is 17.2 Å². The van der Waals surface area contributed by atoms with E-state index >= 15 is 0 Å². The molecule has 9 heteroatoms. The highest BCUT2D eigenvalue weighted by Gasteiger charge is 2.29. The summed E-state index contributed by atoms with van der Waals surface area (Å²) in [6.07, 6.45) is 2.35. The second-order valence-electron chi connectivity index (χ2n) is 7.51. The molecule has 3 rings (SSSR count). The van der Waals surface area contributed by atoms with Crippen LogP contribution in [0.5, 0.6) is 17.2 Å². The van der Waals surface area contributed by atoms with Gasteiger partial charge in [-0.3, -0.25) is 4.79 Å². The molecule has 1 heterocycles. The molecule has 0 radical (unpaired) electrons. The normalized spacial score (nSPS) is 15.6. The molecule has 1 aliphatic rings. The van der Waals surface area contributed by atoms with E-state index in [9.17, 15) is 13.2 Å². The summed E-state index contributed by atoms with van der Waals surface area (Å²) in [5, 5.41) is 2.77. The summed E-state index contributed by atoms with van der Waals surface area (Å²) < 4.78 is 44.2. The minimum atomic E-state index is -3.73. The SMILES string of the molecule is CC[C@H](Oc1cccc(OC)c1)C(=O)Nc1ccc(OC)c(S(=O)(=O)N2CCCCC2)c1. The maximum absolute atomic E-state index is 13.2. The van der Waals surface area contributed by atoms with Gasteiger partial charge in [0.15, 0.2) is 6.10 Å². The predicted octanol–water partition coefficient (Wildman–Crippen LogP) is 3.67. The van der Waals surface area contributed by atoms with Crippen LogP contribution in [0.1, 0.15) is 32.6 Å². The van der Waals surface area contributed by atoms with Crippen molar-refractivity contribution >= 4 is 21.6 Å². The van der Waals surface area contributed by atoms with Crippen molar-refractivity contribution in [3.63, 3.8) is 0 Å². The molecule has 0 saturated carbocycles. The van der Waals surface area contributed by atoms with Crippen molar-refractivity contribution in [2.24, 2.45) is 0 Å². The fourth-order valence-corrected chi connectivity index (χ4v) is 5.28. The average Bonchev–Trinajstić information content (AvgIpc) is 2.83. The molecule has 1 N–H and O–H groups in total. The number of carbonyl (C=O) groups is 1.